The number of aromatic carboxylic acids is 1. The minimum absolute atomic E-state index is 0.00969. The molecule has 1 aromatic heterocycles. The number of aryl methyl sites for hydroxylation is 1. The number of carboxylic acids is 1. The van der Waals surface area contributed by atoms with Crippen LogP contribution in [0.15, 0.2) is 42.6 Å². The highest BCUT2D eigenvalue weighted by molar-refractivity contribution is 6.31. The van der Waals surface area contributed by atoms with Gasteiger partial charge in [0, 0.05) is 22.3 Å². The molecular weight excluding hydrogens is 316 g/mol. The third-order valence-corrected chi connectivity index (χ3v) is 3.68. The fourth-order valence-corrected chi connectivity index (χ4v) is 2.72. The summed E-state index contributed by atoms with van der Waals surface area (Å²) in [6, 6.07) is 9.54. The summed E-state index contributed by atoms with van der Waals surface area (Å²) < 4.78 is 0. The third-order valence-electron chi connectivity index (χ3n) is 3.46. The van der Waals surface area contributed by atoms with Crippen LogP contribution < -0.4 is 10.4 Å². The van der Waals surface area contributed by atoms with Crippen molar-refractivity contribution in [1.82, 2.24) is 4.98 Å². The van der Waals surface area contributed by atoms with Crippen LogP contribution >= 0.6 is 11.6 Å². The number of rotatable bonds is 3. The lowest BCUT2D eigenvalue weighted by Gasteiger charge is -2.15. The number of anilines is 2. The van der Waals surface area contributed by atoms with Gasteiger partial charge in [-0.1, -0.05) is 23.7 Å². The summed E-state index contributed by atoms with van der Waals surface area (Å²) in [6.45, 7) is 1.85. The SMILES string of the molecule is Cc1cc(Cl)cc2c(Nc3cccc([O-])c3)c(C(=O)O)cnc12. The number of hydrogen-bond acceptors (Lipinski definition) is 4. The van der Waals surface area contributed by atoms with Crippen LogP contribution in [0.4, 0.5) is 11.4 Å². The Labute approximate surface area is 137 Å². The first-order valence-electron chi connectivity index (χ1n) is 6.82. The average molecular weight is 328 g/mol. The van der Waals surface area contributed by atoms with E-state index >= 15 is 0 Å². The fraction of sp³-hybridized carbons (Fsp3) is 0.0588. The van der Waals surface area contributed by atoms with Gasteiger partial charge < -0.3 is 15.5 Å². The molecule has 0 fully saturated rings. The van der Waals surface area contributed by atoms with E-state index in [1.54, 1.807) is 24.3 Å². The monoisotopic (exact) mass is 327 g/mol. The lowest BCUT2D eigenvalue weighted by molar-refractivity contribution is -0.268. The molecule has 3 rings (SSSR count). The number of halogens is 1. The molecule has 0 saturated carbocycles. The minimum Gasteiger partial charge on any atom is -0.872 e. The highest BCUT2D eigenvalue weighted by Gasteiger charge is 2.16. The van der Waals surface area contributed by atoms with E-state index in [0.717, 1.165) is 5.56 Å². The van der Waals surface area contributed by atoms with Gasteiger partial charge in [0.05, 0.1) is 11.2 Å². The molecule has 0 atom stereocenters. The Hall–Kier alpha value is -2.79. The van der Waals surface area contributed by atoms with Gasteiger partial charge in [-0.15, -0.1) is 5.75 Å². The smallest absolute Gasteiger partial charge is 0.339 e. The number of nitrogens with one attached hydrogen (secondary N) is 1. The molecule has 116 valence electrons. The maximum atomic E-state index is 11.5. The molecule has 2 N–H and O–H groups in total. The van der Waals surface area contributed by atoms with Crippen molar-refractivity contribution in [2.75, 3.05) is 5.32 Å². The summed E-state index contributed by atoms with van der Waals surface area (Å²) in [6.07, 6.45) is 1.30. The number of carboxylic acid groups (broad SMARTS) is 1. The third kappa shape index (κ3) is 2.91. The van der Waals surface area contributed by atoms with Crippen LogP contribution in [0, 0.1) is 6.92 Å². The summed E-state index contributed by atoms with van der Waals surface area (Å²) in [4.78, 5) is 15.7. The molecule has 0 unspecified atom stereocenters. The van der Waals surface area contributed by atoms with Crippen molar-refractivity contribution in [3.8, 4) is 5.75 Å². The van der Waals surface area contributed by atoms with Gasteiger partial charge in [-0.3, -0.25) is 4.98 Å². The van der Waals surface area contributed by atoms with E-state index < -0.39 is 5.97 Å². The predicted molar refractivity (Wildman–Crippen MR) is 87.6 cm³/mol. The standard InChI is InChI=1S/C17H13ClN2O3/c1-9-5-10(18)6-13-15(9)19-8-14(17(22)23)16(13)20-11-3-2-4-12(21)7-11/h2-8,21H,1H3,(H,19,20)(H,22,23)/p-1. The second kappa shape index (κ2) is 5.78. The van der Waals surface area contributed by atoms with Crippen LogP contribution in [0.5, 0.6) is 5.75 Å². The summed E-state index contributed by atoms with van der Waals surface area (Å²) >= 11 is 6.10. The van der Waals surface area contributed by atoms with Crippen LogP contribution in [0.25, 0.3) is 10.9 Å². The van der Waals surface area contributed by atoms with Gasteiger partial charge in [-0.25, -0.2) is 4.79 Å². The number of aromatic nitrogens is 1. The topological polar surface area (TPSA) is 85.3 Å². The molecule has 0 aliphatic carbocycles. The molecule has 6 heteroatoms. The number of hydrogen-bond donors (Lipinski definition) is 2. The molecule has 5 nitrogen and oxygen atoms in total. The molecule has 0 bridgehead atoms. The molecular formula is C17H12ClN2O3-. The number of benzene rings is 2. The number of pyridine rings is 1. The molecule has 0 aliphatic heterocycles. The molecule has 0 saturated heterocycles. The molecule has 1 heterocycles. The Morgan fingerprint density at radius 3 is 2.78 bits per heavy atom. The van der Waals surface area contributed by atoms with Gasteiger partial charge in [0.1, 0.15) is 5.56 Å². The Balaban J connectivity index is 2.26. The average Bonchev–Trinajstić information content (AvgIpc) is 2.47. The van der Waals surface area contributed by atoms with E-state index in [2.05, 4.69) is 10.3 Å². The largest absolute Gasteiger partial charge is 0.872 e. The van der Waals surface area contributed by atoms with Crippen LogP contribution in [0.1, 0.15) is 15.9 Å². The zero-order valence-electron chi connectivity index (χ0n) is 12.1. The van der Waals surface area contributed by atoms with Gasteiger partial charge in [-0.2, -0.15) is 0 Å². The van der Waals surface area contributed by atoms with Crippen molar-refractivity contribution in [3.63, 3.8) is 0 Å². The molecule has 0 radical (unpaired) electrons. The highest BCUT2D eigenvalue weighted by atomic mass is 35.5. The molecule has 2 aromatic carbocycles. The Bertz CT molecular complexity index is 925. The second-order valence-corrected chi connectivity index (χ2v) is 5.56. The number of fused-ring (bicyclic) bond motifs is 1. The maximum absolute atomic E-state index is 11.5. The van der Waals surface area contributed by atoms with Crippen molar-refractivity contribution in [3.05, 3.63) is 58.7 Å². The Morgan fingerprint density at radius 2 is 2.09 bits per heavy atom. The first-order chi connectivity index (χ1) is 11.0. The molecule has 23 heavy (non-hydrogen) atoms. The number of carbonyl (C=O) groups is 1. The van der Waals surface area contributed by atoms with Crippen molar-refractivity contribution in [2.45, 2.75) is 6.92 Å². The molecule has 0 spiro atoms. The molecule has 0 aliphatic rings. The van der Waals surface area contributed by atoms with E-state index in [-0.39, 0.29) is 11.3 Å². The summed E-state index contributed by atoms with van der Waals surface area (Å²) in [5, 5.41) is 25.0. The van der Waals surface area contributed by atoms with Crippen molar-refractivity contribution < 1.29 is 15.0 Å². The second-order valence-electron chi connectivity index (χ2n) is 5.12. The van der Waals surface area contributed by atoms with E-state index in [9.17, 15) is 15.0 Å². The summed E-state index contributed by atoms with van der Waals surface area (Å²) in [5.41, 5.74) is 2.37. The van der Waals surface area contributed by atoms with Crippen LogP contribution in [0.2, 0.25) is 5.02 Å². The van der Waals surface area contributed by atoms with Gasteiger partial charge in [0.25, 0.3) is 0 Å². The predicted octanol–water partition coefficient (Wildman–Crippen LogP) is 3.71. The highest BCUT2D eigenvalue weighted by Crippen LogP contribution is 2.33. The van der Waals surface area contributed by atoms with Crippen LogP contribution in [-0.2, 0) is 0 Å². The maximum Gasteiger partial charge on any atom is 0.339 e. The van der Waals surface area contributed by atoms with E-state index in [0.29, 0.717) is 27.3 Å². The number of nitrogens with zero attached hydrogens (tertiary/aromatic N) is 1. The van der Waals surface area contributed by atoms with Crippen molar-refractivity contribution in [2.24, 2.45) is 0 Å². The first-order valence-corrected chi connectivity index (χ1v) is 7.20. The normalized spacial score (nSPS) is 10.7. The van der Waals surface area contributed by atoms with E-state index in [1.807, 2.05) is 6.92 Å². The molecule has 3 aromatic rings. The molecule has 0 amide bonds. The van der Waals surface area contributed by atoms with Crippen LogP contribution in [0.3, 0.4) is 0 Å². The van der Waals surface area contributed by atoms with Gasteiger partial charge in [0.2, 0.25) is 0 Å². The zero-order valence-corrected chi connectivity index (χ0v) is 12.9. The first kappa shape index (κ1) is 15.1. The quantitative estimate of drug-likeness (QED) is 0.766. The summed E-state index contributed by atoms with van der Waals surface area (Å²) in [7, 11) is 0. The Kier molecular flexibility index (Phi) is 3.80. The van der Waals surface area contributed by atoms with E-state index in [4.69, 9.17) is 11.6 Å². The van der Waals surface area contributed by atoms with Crippen molar-refractivity contribution in [1.29, 1.82) is 0 Å². The van der Waals surface area contributed by atoms with Crippen molar-refractivity contribution >= 4 is 39.8 Å². The minimum atomic E-state index is -1.11. The lowest BCUT2D eigenvalue weighted by Crippen LogP contribution is -2.05. The Morgan fingerprint density at radius 1 is 1.30 bits per heavy atom. The lowest BCUT2D eigenvalue weighted by atomic mass is 10.1. The fourth-order valence-electron chi connectivity index (χ4n) is 2.45. The van der Waals surface area contributed by atoms with Crippen LogP contribution in [-0.4, -0.2) is 16.1 Å². The van der Waals surface area contributed by atoms with Gasteiger partial charge in [0.15, 0.2) is 0 Å². The van der Waals surface area contributed by atoms with Gasteiger partial charge in [-0.05, 0) is 36.8 Å². The summed E-state index contributed by atoms with van der Waals surface area (Å²) in [5.74, 6) is -1.28. The van der Waals surface area contributed by atoms with Gasteiger partial charge >= 0.3 is 5.97 Å². The van der Waals surface area contributed by atoms with E-state index in [1.165, 1.54) is 18.3 Å². The zero-order chi connectivity index (χ0) is 16.6.